The van der Waals surface area contributed by atoms with Crippen LogP contribution in [0.1, 0.15) is 0 Å². The molecule has 0 aliphatic rings. The van der Waals surface area contributed by atoms with Crippen LogP contribution in [0.25, 0.3) is 5.52 Å². The minimum Gasteiger partial charge on any atom is -0.238 e. The molecule has 4 heteroatoms. The predicted molar refractivity (Wildman–Crippen MR) is 52.9 cm³/mol. The van der Waals surface area contributed by atoms with Gasteiger partial charge in [0.1, 0.15) is 0 Å². The van der Waals surface area contributed by atoms with Crippen molar-refractivity contribution in [3.05, 3.63) is 33.1 Å². The first-order valence-corrected chi connectivity index (χ1v) is 4.53. The first-order valence-electron chi connectivity index (χ1n) is 3.07. The summed E-state index contributed by atoms with van der Waals surface area (Å²) >= 11 is 8.00. The summed E-state index contributed by atoms with van der Waals surface area (Å²) in [6.07, 6.45) is 1.88. The summed E-state index contributed by atoms with van der Waals surface area (Å²) in [4.78, 5) is 0. The second kappa shape index (κ2) is 2.64. The van der Waals surface area contributed by atoms with E-state index in [1.807, 2.05) is 24.4 Å². The number of fused-ring (bicyclic) bond motifs is 1. The third kappa shape index (κ3) is 1.12. The van der Waals surface area contributed by atoms with Gasteiger partial charge in [-0.25, -0.2) is 4.52 Å². The van der Waals surface area contributed by atoms with E-state index in [9.17, 15) is 0 Å². The minimum atomic E-state index is 0.566. The maximum absolute atomic E-state index is 5.81. The van der Waals surface area contributed by atoms with Gasteiger partial charge in [0.05, 0.1) is 9.09 Å². The van der Waals surface area contributed by atoms with Crippen molar-refractivity contribution in [2.75, 3.05) is 0 Å². The molecule has 0 N–H and O–H groups in total. The lowest BCUT2D eigenvalue weighted by molar-refractivity contribution is 0.962. The Kier molecular flexibility index (Phi) is 1.77. The van der Waals surface area contributed by atoms with Crippen LogP contribution in [0.3, 0.4) is 0 Å². The summed E-state index contributed by atoms with van der Waals surface area (Å²) in [5, 5.41) is 4.65. The summed E-state index contributed by atoms with van der Waals surface area (Å²) in [6.45, 7) is 0. The molecule has 0 spiro atoms. The first kappa shape index (κ1) is 7.36. The lowest BCUT2D eigenvalue weighted by Crippen LogP contribution is -1.82. The third-order valence-corrected chi connectivity index (χ3v) is 3.09. The van der Waals surface area contributed by atoms with Gasteiger partial charge in [0, 0.05) is 6.20 Å². The van der Waals surface area contributed by atoms with Gasteiger partial charge in [-0.05, 0) is 34.7 Å². The van der Waals surface area contributed by atoms with Crippen LogP contribution in [0.5, 0.6) is 0 Å². The Morgan fingerprint density at radius 1 is 1.45 bits per heavy atom. The maximum atomic E-state index is 5.81. The van der Waals surface area contributed by atoms with Crippen LogP contribution < -0.4 is 0 Å². The molecule has 0 radical (unpaired) electrons. The van der Waals surface area contributed by atoms with Crippen molar-refractivity contribution in [3.63, 3.8) is 0 Å². The van der Waals surface area contributed by atoms with Crippen LogP contribution in [0.4, 0.5) is 0 Å². The molecule has 2 nitrogen and oxygen atoms in total. The molecule has 2 rings (SSSR count). The van der Waals surface area contributed by atoms with E-state index in [0.29, 0.717) is 5.15 Å². The molecule has 0 bridgehead atoms. The Labute approximate surface area is 82.3 Å². The summed E-state index contributed by atoms with van der Waals surface area (Å²) in [5.74, 6) is 0. The highest BCUT2D eigenvalue weighted by molar-refractivity contribution is 14.1. The molecule has 2 aromatic rings. The van der Waals surface area contributed by atoms with Gasteiger partial charge in [-0.3, -0.25) is 0 Å². The number of aromatic nitrogens is 2. The maximum Gasteiger partial charge on any atom is 0.165 e. The predicted octanol–water partition coefficient (Wildman–Crippen LogP) is 2.59. The van der Waals surface area contributed by atoms with Crippen molar-refractivity contribution in [1.82, 2.24) is 9.61 Å². The van der Waals surface area contributed by atoms with Crippen LogP contribution in [0.2, 0.25) is 5.15 Å². The lowest BCUT2D eigenvalue weighted by Gasteiger charge is -1.88. The van der Waals surface area contributed by atoms with E-state index in [1.54, 1.807) is 4.52 Å². The summed E-state index contributed by atoms with van der Waals surface area (Å²) in [5.41, 5.74) is 1.05. The number of hydrogen-bond donors (Lipinski definition) is 0. The molecule has 11 heavy (non-hydrogen) atoms. The molecule has 0 amide bonds. The number of pyridine rings is 1. The first-order chi connectivity index (χ1) is 5.29. The average molecular weight is 278 g/mol. The highest BCUT2D eigenvalue weighted by Crippen LogP contribution is 2.21. The summed E-state index contributed by atoms with van der Waals surface area (Å²) < 4.78 is 2.77. The van der Waals surface area contributed by atoms with Crippen LogP contribution in [0.15, 0.2) is 24.4 Å². The Bertz CT molecular complexity index is 396. The molecule has 0 unspecified atom stereocenters. The molecule has 0 aromatic carbocycles. The Morgan fingerprint density at radius 2 is 2.27 bits per heavy atom. The molecule has 0 saturated carbocycles. The van der Waals surface area contributed by atoms with Crippen molar-refractivity contribution >= 4 is 39.7 Å². The van der Waals surface area contributed by atoms with Gasteiger partial charge < -0.3 is 0 Å². The molecule has 56 valence electrons. The van der Waals surface area contributed by atoms with E-state index in [2.05, 4.69) is 27.7 Å². The second-order valence-electron chi connectivity index (χ2n) is 2.14. The monoisotopic (exact) mass is 278 g/mol. The minimum absolute atomic E-state index is 0.566. The molecule has 0 aliphatic carbocycles. The zero-order chi connectivity index (χ0) is 7.84. The van der Waals surface area contributed by atoms with Crippen molar-refractivity contribution in [1.29, 1.82) is 0 Å². The number of halogens is 2. The van der Waals surface area contributed by atoms with Gasteiger partial charge in [0.15, 0.2) is 5.15 Å². The fourth-order valence-electron chi connectivity index (χ4n) is 0.940. The fraction of sp³-hybridized carbons (Fsp3) is 0. The van der Waals surface area contributed by atoms with Gasteiger partial charge in [0.2, 0.25) is 0 Å². The number of rotatable bonds is 0. The van der Waals surface area contributed by atoms with Crippen LogP contribution in [0, 0.1) is 3.57 Å². The Balaban J connectivity index is 2.92. The van der Waals surface area contributed by atoms with Gasteiger partial charge in [-0.2, -0.15) is 5.10 Å². The summed E-state index contributed by atoms with van der Waals surface area (Å²) in [7, 11) is 0. The van der Waals surface area contributed by atoms with Gasteiger partial charge in [-0.15, -0.1) is 0 Å². The SMILES string of the molecule is Clc1nn2ccccc2c1I. The smallest absolute Gasteiger partial charge is 0.165 e. The highest BCUT2D eigenvalue weighted by Gasteiger charge is 2.05. The van der Waals surface area contributed by atoms with E-state index in [0.717, 1.165) is 9.09 Å². The molecule has 2 heterocycles. The highest BCUT2D eigenvalue weighted by atomic mass is 127. The molecule has 0 fully saturated rings. The zero-order valence-corrected chi connectivity index (χ0v) is 8.37. The largest absolute Gasteiger partial charge is 0.238 e. The normalized spacial score (nSPS) is 10.7. The molecule has 0 aliphatic heterocycles. The van der Waals surface area contributed by atoms with E-state index in [1.165, 1.54) is 0 Å². The van der Waals surface area contributed by atoms with E-state index >= 15 is 0 Å². The van der Waals surface area contributed by atoms with Crippen molar-refractivity contribution < 1.29 is 0 Å². The molecule has 2 aromatic heterocycles. The quantitative estimate of drug-likeness (QED) is 0.677. The number of nitrogens with zero attached hydrogens (tertiary/aromatic N) is 2. The van der Waals surface area contributed by atoms with Crippen LogP contribution >= 0.6 is 34.2 Å². The topological polar surface area (TPSA) is 17.3 Å². The third-order valence-electron chi connectivity index (χ3n) is 1.44. The Morgan fingerprint density at radius 3 is 3.00 bits per heavy atom. The van der Waals surface area contributed by atoms with Crippen molar-refractivity contribution in [2.24, 2.45) is 0 Å². The van der Waals surface area contributed by atoms with Crippen molar-refractivity contribution in [2.45, 2.75) is 0 Å². The average Bonchev–Trinajstić information content (AvgIpc) is 2.30. The van der Waals surface area contributed by atoms with E-state index < -0.39 is 0 Å². The number of hydrogen-bond acceptors (Lipinski definition) is 1. The summed E-state index contributed by atoms with van der Waals surface area (Å²) in [6, 6.07) is 5.88. The molecule has 0 atom stereocenters. The van der Waals surface area contributed by atoms with E-state index in [4.69, 9.17) is 11.6 Å². The Hall–Kier alpha value is -0.290. The standard InChI is InChI=1S/C7H4ClIN2/c8-7-6(9)5-3-1-2-4-11(5)10-7/h1-4H. The molecular formula is C7H4ClIN2. The van der Waals surface area contributed by atoms with Gasteiger partial charge in [-0.1, -0.05) is 17.7 Å². The molecular weight excluding hydrogens is 274 g/mol. The van der Waals surface area contributed by atoms with Crippen LogP contribution in [-0.4, -0.2) is 9.61 Å². The lowest BCUT2D eigenvalue weighted by atomic mass is 10.4. The van der Waals surface area contributed by atoms with E-state index in [-0.39, 0.29) is 0 Å². The fourth-order valence-corrected chi connectivity index (χ4v) is 1.65. The van der Waals surface area contributed by atoms with Crippen molar-refractivity contribution in [3.8, 4) is 0 Å². The van der Waals surface area contributed by atoms with Crippen LogP contribution in [-0.2, 0) is 0 Å². The van der Waals surface area contributed by atoms with Gasteiger partial charge >= 0.3 is 0 Å². The zero-order valence-electron chi connectivity index (χ0n) is 5.46. The van der Waals surface area contributed by atoms with Gasteiger partial charge in [0.25, 0.3) is 0 Å². The second-order valence-corrected chi connectivity index (χ2v) is 3.57. The molecule has 0 saturated heterocycles.